The Hall–Kier alpha value is -3.26. The Balaban J connectivity index is 1.63. The monoisotopic (exact) mass is 462 g/mol. The number of halogens is 2. The van der Waals surface area contributed by atoms with Crippen LogP contribution in [0.4, 0.5) is 5.69 Å². The third kappa shape index (κ3) is 4.23. The number of para-hydroxylation sites is 1. The maximum atomic E-state index is 13.1. The van der Waals surface area contributed by atoms with E-state index in [1.807, 2.05) is 49.4 Å². The standard InChI is InChI=1S/C26H20Cl2N2O2/c1-2-11-30-24-10-6-5-9-20(24)21(26(30)31)12-17-13-22(27)25(23(28)14-17)32-16-19-8-4-3-7-18(19)15-29/h3-10,12-14H,2,11,16H2,1H3/b21-12-. The minimum atomic E-state index is -0.0336. The molecule has 6 heteroatoms. The molecule has 32 heavy (non-hydrogen) atoms. The predicted molar refractivity (Wildman–Crippen MR) is 129 cm³/mol. The largest absolute Gasteiger partial charge is 0.486 e. The molecule has 1 aliphatic rings. The van der Waals surface area contributed by atoms with Gasteiger partial charge in [0.05, 0.1) is 27.4 Å². The normalized spacial score (nSPS) is 13.9. The number of carbonyl (C=O) groups is 1. The lowest BCUT2D eigenvalue weighted by molar-refractivity contribution is -0.113. The first-order valence-corrected chi connectivity index (χ1v) is 11.0. The highest BCUT2D eigenvalue weighted by molar-refractivity contribution is 6.38. The first kappa shape index (κ1) is 22.0. The highest BCUT2D eigenvalue weighted by atomic mass is 35.5. The number of benzene rings is 3. The Kier molecular flexibility index (Phi) is 6.50. The van der Waals surface area contributed by atoms with Gasteiger partial charge in [0.15, 0.2) is 5.75 Å². The quantitative estimate of drug-likeness (QED) is 0.381. The van der Waals surface area contributed by atoms with Crippen molar-refractivity contribution in [3.63, 3.8) is 0 Å². The molecule has 0 radical (unpaired) electrons. The lowest BCUT2D eigenvalue weighted by Gasteiger charge is -2.15. The van der Waals surface area contributed by atoms with E-state index in [1.54, 1.807) is 29.2 Å². The molecule has 0 unspecified atom stereocenters. The van der Waals surface area contributed by atoms with Crippen molar-refractivity contribution < 1.29 is 9.53 Å². The van der Waals surface area contributed by atoms with Gasteiger partial charge in [-0.3, -0.25) is 4.79 Å². The molecule has 0 N–H and O–H groups in total. The first-order valence-electron chi connectivity index (χ1n) is 10.3. The Morgan fingerprint density at radius 3 is 2.47 bits per heavy atom. The third-order valence-corrected chi connectivity index (χ3v) is 5.81. The van der Waals surface area contributed by atoms with Crippen LogP contribution in [0.25, 0.3) is 11.6 Å². The number of hydrogen-bond donors (Lipinski definition) is 0. The van der Waals surface area contributed by atoms with Crippen molar-refractivity contribution in [2.45, 2.75) is 20.0 Å². The van der Waals surface area contributed by atoms with Gasteiger partial charge in [0.2, 0.25) is 0 Å². The van der Waals surface area contributed by atoms with E-state index in [-0.39, 0.29) is 12.5 Å². The van der Waals surface area contributed by atoms with Crippen molar-refractivity contribution in [3.8, 4) is 11.8 Å². The van der Waals surface area contributed by atoms with Crippen LogP contribution in [0.3, 0.4) is 0 Å². The summed E-state index contributed by atoms with van der Waals surface area (Å²) in [5.74, 6) is 0.308. The van der Waals surface area contributed by atoms with Crippen LogP contribution in [0.1, 0.15) is 35.6 Å². The van der Waals surface area contributed by atoms with Gasteiger partial charge in [-0.05, 0) is 42.3 Å². The summed E-state index contributed by atoms with van der Waals surface area (Å²) >= 11 is 13.0. The molecule has 0 saturated carbocycles. The molecule has 160 valence electrons. The summed E-state index contributed by atoms with van der Waals surface area (Å²) in [6, 6.07) is 20.6. The second-order valence-electron chi connectivity index (χ2n) is 7.40. The van der Waals surface area contributed by atoms with Crippen LogP contribution < -0.4 is 9.64 Å². The number of anilines is 1. The summed E-state index contributed by atoms with van der Waals surface area (Å²) in [5.41, 5.74) is 4.42. The number of rotatable bonds is 6. The van der Waals surface area contributed by atoms with Gasteiger partial charge in [0, 0.05) is 23.2 Å². The van der Waals surface area contributed by atoms with Gasteiger partial charge in [-0.2, -0.15) is 5.26 Å². The Bertz CT molecular complexity index is 1240. The van der Waals surface area contributed by atoms with Crippen LogP contribution in [-0.4, -0.2) is 12.5 Å². The number of fused-ring (bicyclic) bond motifs is 1. The summed E-state index contributed by atoms with van der Waals surface area (Å²) in [6.45, 7) is 2.87. The zero-order valence-electron chi connectivity index (χ0n) is 17.4. The predicted octanol–water partition coefficient (Wildman–Crippen LogP) is 6.74. The van der Waals surface area contributed by atoms with E-state index in [0.29, 0.717) is 39.0 Å². The highest BCUT2D eigenvalue weighted by Gasteiger charge is 2.31. The summed E-state index contributed by atoms with van der Waals surface area (Å²) in [7, 11) is 0. The van der Waals surface area contributed by atoms with E-state index in [1.165, 1.54) is 0 Å². The van der Waals surface area contributed by atoms with Crippen LogP contribution in [0.2, 0.25) is 10.0 Å². The average Bonchev–Trinajstić information content (AvgIpc) is 3.05. The van der Waals surface area contributed by atoms with E-state index < -0.39 is 0 Å². The van der Waals surface area contributed by atoms with Crippen molar-refractivity contribution >= 4 is 46.4 Å². The molecule has 0 fully saturated rings. The highest BCUT2D eigenvalue weighted by Crippen LogP contribution is 2.40. The molecule has 1 heterocycles. The maximum Gasteiger partial charge on any atom is 0.258 e. The van der Waals surface area contributed by atoms with E-state index in [2.05, 4.69) is 6.07 Å². The summed E-state index contributed by atoms with van der Waals surface area (Å²) in [6.07, 6.45) is 2.68. The number of amides is 1. The molecule has 0 saturated heterocycles. The van der Waals surface area contributed by atoms with Crippen molar-refractivity contribution in [2.75, 3.05) is 11.4 Å². The lowest BCUT2D eigenvalue weighted by Crippen LogP contribution is -2.26. The molecule has 3 aromatic carbocycles. The molecular formula is C26H20Cl2N2O2. The van der Waals surface area contributed by atoms with E-state index in [9.17, 15) is 10.1 Å². The second-order valence-corrected chi connectivity index (χ2v) is 8.22. The van der Waals surface area contributed by atoms with Gasteiger partial charge in [0.25, 0.3) is 5.91 Å². The van der Waals surface area contributed by atoms with Gasteiger partial charge in [-0.25, -0.2) is 0 Å². The molecule has 0 spiro atoms. The molecule has 0 aliphatic carbocycles. The van der Waals surface area contributed by atoms with Crippen LogP contribution in [0.15, 0.2) is 60.7 Å². The van der Waals surface area contributed by atoms with Crippen LogP contribution in [0, 0.1) is 11.3 Å². The number of carbonyl (C=O) groups excluding carboxylic acids is 1. The summed E-state index contributed by atoms with van der Waals surface area (Å²) in [4.78, 5) is 14.9. The van der Waals surface area contributed by atoms with Gasteiger partial charge in [-0.15, -0.1) is 0 Å². The zero-order valence-corrected chi connectivity index (χ0v) is 19.0. The van der Waals surface area contributed by atoms with Crippen molar-refractivity contribution in [1.29, 1.82) is 5.26 Å². The Morgan fingerprint density at radius 2 is 1.75 bits per heavy atom. The number of nitrogens with zero attached hydrogens (tertiary/aromatic N) is 2. The lowest BCUT2D eigenvalue weighted by atomic mass is 10.0. The van der Waals surface area contributed by atoms with Gasteiger partial charge in [0.1, 0.15) is 6.61 Å². The second kappa shape index (κ2) is 9.48. The number of ether oxygens (including phenoxy) is 1. The fraction of sp³-hybridized carbons (Fsp3) is 0.154. The molecule has 0 bridgehead atoms. The fourth-order valence-electron chi connectivity index (χ4n) is 3.76. The van der Waals surface area contributed by atoms with Gasteiger partial charge < -0.3 is 9.64 Å². The average molecular weight is 463 g/mol. The smallest absolute Gasteiger partial charge is 0.258 e. The Labute approximate surface area is 197 Å². The minimum absolute atomic E-state index is 0.0336. The van der Waals surface area contributed by atoms with E-state index >= 15 is 0 Å². The molecule has 0 aromatic heterocycles. The van der Waals surface area contributed by atoms with Crippen LogP contribution in [0.5, 0.6) is 5.75 Å². The molecule has 4 nitrogen and oxygen atoms in total. The first-order chi connectivity index (χ1) is 15.5. The SMILES string of the molecule is CCCN1C(=O)/C(=C\c2cc(Cl)c(OCc3ccccc3C#N)c(Cl)c2)c2ccccc21. The zero-order chi connectivity index (χ0) is 22.7. The molecule has 4 rings (SSSR count). The topological polar surface area (TPSA) is 53.3 Å². The molecule has 3 aromatic rings. The van der Waals surface area contributed by atoms with Gasteiger partial charge in [-0.1, -0.05) is 66.5 Å². The van der Waals surface area contributed by atoms with Crippen molar-refractivity contribution in [1.82, 2.24) is 0 Å². The number of hydrogen-bond acceptors (Lipinski definition) is 3. The van der Waals surface area contributed by atoms with Crippen molar-refractivity contribution in [2.24, 2.45) is 0 Å². The van der Waals surface area contributed by atoms with Crippen LogP contribution >= 0.6 is 23.2 Å². The van der Waals surface area contributed by atoms with E-state index in [4.69, 9.17) is 27.9 Å². The molecule has 1 amide bonds. The molecule has 0 atom stereocenters. The Morgan fingerprint density at radius 1 is 1.06 bits per heavy atom. The molecular weight excluding hydrogens is 443 g/mol. The fourth-order valence-corrected chi connectivity index (χ4v) is 4.38. The maximum absolute atomic E-state index is 13.1. The third-order valence-electron chi connectivity index (χ3n) is 5.25. The summed E-state index contributed by atoms with van der Waals surface area (Å²) < 4.78 is 5.84. The van der Waals surface area contributed by atoms with Crippen LogP contribution in [-0.2, 0) is 11.4 Å². The minimum Gasteiger partial charge on any atom is -0.486 e. The van der Waals surface area contributed by atoms with Gasteiger partial charge >= 0.3 is 0 Å². The molecule has 1 aliphatic heterocycles. The van der Waals surface area contributed by atoms with Crippen molar-refractivity contribution in [3.05, 3.63) is 93.0 Å². The summed E-state index contributed by atoms with van der Waals surface area (Å²) in [5, 5.41) is 9.92. The van der Waals surface area contributed by atoms with E-state index in [0.717, 1.165) is 23.2 Å². The number of nitriles is 1.